The molecule has 6 heteroatoms. The van der Waals surface area contributed by atoms with Gasteiger partial charge in [0, 0.05) is 5.88 Å². The third kappa shape index (κ3) is 2.56. The van der Waals surface area contributed by atoms with E-state index >= 15 is 0 Å². The van der Waals surface area contributed by atoms with Crippen molar-refractivity contribution in [1.82, 2.24) is 0 Å². The summed E-state index contributed by atoms with van der Waals surface area (Å²) in [5, 5.41) is 28.2. The second-order valence-corrected chi connectivity index (χ2v) is 3.62. The predicted octanol–water partition coefficient (Wildman–Crippen LogP) is -0.931. The molecule has 0 spiro atoms. The summed E-state index contributed by atoms with van der Waals surface area (Å²) in [5.41, 5.74) is 0. The third-order valence-corrected chi connectivity index (χ3v) is 2.32. The molecule has 1 rings (SSSR count). The first-order chi connectivity index (χ1) is 6.57. The molecular weight excluding hydrogens is 212 g/mol. The minimum Gasteiger partial charge on any atom is -0.388 e. The lowest BCUT2D eigenvalue weighted by molar-refractivity contribution is -0.291. The van der Waals surface area contributed by atoms with Gasteiger partial charge in [-0.05, 0) is 6.92 Å². The topological polar surface area (TPSA) is 79.2 Å². The van der Waals surface area contributed by atoms with Crippen molar-refractivity contribution in [2.45, 2.75) is 37.6 Å². The lowest BCUT2D eigenvalue weighted by Gasteiger charge is -2.38. The number of ether oxygens (including phenoxy) is 2. The Hall–Kier alpha value is 0.0900. The van der Waals surface area contributed by atoms with Crippen LogP contribution in [-0.4, -0.2) is 58.5 Å². The Balaban J connectivity index is 2.52. The zero-order valence-corrected chi connectivity index (χ0v) is 8.59. The highest BCUT2D eigenvalue weighted by molar-refractivity contribution is 6.17. The Morgan fingerprint density at radius 1 is 1.21 bits per heavy atom. The first-order valence-corrected chi connectivity index (χ1v) is 4.98. The van der Waals surface area contributed by atoms with Crippen molar-refractivity contribution < 1.29 is 24.8 Å². The van der Waals surface area contributed by atoms with Gasteiger partial charge in [0.1, 0.15) is 18.3 Å². The van der Waals surface area contributed by atoms with Crippen LogP contribution in [0.15, 0.2) is 0 Å². The summed E-state index contributed by atoms with van der Waals surface area (Å²) in [6.07, 6.45) is -5.10. The van der Waals surface area contributed by atoms with Crippen molar-refractivity contribution in [3.8, 4) is 0 Å². The van der Waals surface area contributed by atoms with Gasteiger partial charge < -0.3 is 24.8 Å². The Labute approximate surface area is 87.2 Å². The Morgan fingerprint density at radius 3 is 2.43 bits per heavy atom. The van der Waals surface area contributed by atoms with E-state index in [0.717, 1.165) is 0 Å². The molecular formula is C8H15ClO5. The molecule has 1 aliphatic rings. The second kappa shape index (κ2) is 5.25. The van der Waals surface area contributed by atoms with Crippen LogP contribution in [0, 0.1) is 0 Å². The summed E-state index contributed by atoms with van der Waals surface area (Å²) < 4.78 is 10.2. The zero-order valence-electron chi connectivity index (χ0n) is 7.84. The summed E-state index contributed by atoms with van der Waals surface area (Å²) in [6, 6.07) is 0. The predicted molar refractivity (Wildman–Crippen MR) is 49.0 cm³/mol. The van der Waals surface area contributed by atoms with Gasteiger partial charge in [-0.2, -0.15) is 0 Å². The Kier molecular flexibility index (Phi) is 4.56. The van der Waals surface area contributed by atoms with E-state index in [0.29, 0.717) is 0 Å². The normalized spacial score (nSPS) is 43.9. The maximum absolute atomic E-state index is 9.45. The fourth-order valence-electron chi connectivity index (χ4n) is 1.31. The minimum atomic E-state index is -1.25. The van der Waals surface area contributed by atoms with Crippen molar-refractivity contribution >= 4 is 11.6 Å². The molecule has 3 N–H and O–H groups in total. The van der Waals surface area contributed by atoms with Crippen LogP contribution in [0.4, 0.5) is 0 Å². The van der Waals surface area contributed by atoms with Crippen LogP contribution >= 0.6 is 11.6 Å². The van der Waals surface area contributed by atoms with Gasteiger partial charge in [0.25, 0.3) is 0 Å². The van der Waals surface area contributed by atoms with Crippen LogP contribution in [0.3, 0.4) is 0 Å². The molecule has 0 saturated carbocycles. The Bertz CT molecular complexity index is 179. The largest absolute Gasteiger partial charge is 0.388 e. The standard InChI is InChI=1S/C8H15ClO5/c1-4-5(10)6(11)7(12)8(14-4)13-3-2-9/h4-8,10-12H,2-3H2,1H3/t4-,5+,6+,7-,8+/m0/s1. The lowest BCUT2D eigenvalue weighted by Crippen LogP contribution is -2.57. The number of aliphatic hydroxyl groups excluding tert-OH is 3. The summed E-state index contributed by atoms with van der Waals surface area (Å²) in [7, 11) is 0. The highest BCUT2D eigenvalue weighted by atomic mass is 35.5. The van der Waals surface area contributed by atoms with E-state index < -0.39 is 30.7 Å². The van der Waals surface area contributed by atoms with Crippen LogP contribution < -0.4 is 0 Å². The van der Waals surface area contributed by atoms with E-state index in [1.807, 2.05) is 0 Å². The molecule has 1 aliphatic heterocycles. The SMILES string of the molecule is C[C@@H]1O[C@@H](OCCCl)[C@@H](O)[C@H](O)[C@@H]1O. The van der Waals surface area contributed by atoms with E-state index in [9.17, 15) is 15.3 Å². The summed E-state index contributed by atoms with van der Waals surface area (Å²) in [6.45, 7) is 1.82. The van der Waals surface area contributed by atoms with Gasteiger partial charge in [-0.15, -0.1) is 11.6 Å². The number of alkyl halides is 1. The molecule has 1 fully saturated rings. The zero-order chi connectivity index (χ0) is 10.7. The first kappa shape index (κ1) is 12.2. The van der Waals surface area contributed by atoms with Gasteiger partial charge in [-0.25, -0.2) is 0 Å². The molecule has 84 valence electrons. The molecule has 0 radical (unpaired) electrons. The highest BCUT2D eigenvalue weighted by Gasteiger charge is 2.42. The van der Waals surface area contributed by atoms with Gasteiger partial charge >= 0.3 is 0 Å². The summed E-state index contributed by atoms with van der Waals surface area (Å²) >= 11 is 5.40. The molecule has 1 saturated heterocycles. The minimum absolute atomic E-state index is 0.221. The number of rotatable bonds is 3. The van der Waals surface area contributed by atoms with Crippen molar-refractivity contribution in [3.05, 3.63) is 0 Å². The van der Waals surface area contributed by atoms with E-state index in [1.54, 1.807) is 6.92 Å². The van der Waals surface area contributed by atoms with Crippen LogP contribution in [0.25, 0.3) is 0 Å². The smallest absolute Gasteiger partial charge is 0.186 e. The number of aliphatic hydroxyl groups is 3. The van der Waals surface area contributed by atoms with Crippen LogP contribution in [-0.2, 0) is 9.47 Å². The quantitative estimate of drug-likeness (QED) is 0.542. The number of halogens is 1. The summed E-state index contributed by atoms with van der Waals surface area (Å²) in [4.78, 5) is 0. The van der Waals surface area contributed by atoms with E-state index in [1.165, 1.54) is 0 Å². The molecule has 0 unspecified atom stereocenters. The molecule has 0 aromatic carbocycles. The second-order valence-electron chi connectivity index (χ2n) is 3.24. The average Bonchev–Trinajstić information content (AvgIpc) is 2.18. The van der Waals surface area contributed by atoms with Crippen molar-refractivity contribution in [1.29, 1.82) is 0 Å². The van der Waals surface area contributed by atoms with Crippen LogP contribution in [0.1, 0.15) is 6.92 Å². The van der Waals surface area contributed by atoms with Crippen LogP contribution in [0.5, 0.6) is 0 Å². The van der Waals surface area contributed by atoms with E-state index in [-0.39, 0.29) is 12.5 Å². The molecule has 0 amide bonds. The molecule has 0 aromatic heterocycles. The number of hydrogen-bond donors (Lipinski definition) is 3. The van der Waals surface area contributed by atoms with Gasteiger partial charge in [0.2, 0.25) is 0 Å². The molecule has 0 bridgehead atoms. The molecule has 1 heterocycles. The third-order valence-electron chi connectivity index (χ3n) is 2.17. The first-order valence-electron chi connectivity index (χ1n) is 4.45. The van der Waals surface area contributed by atoms with E-state index in [2.05, 4.69) is 0 Å². The maximum atomic E-state index is 9.45. The molecule has 14 heavy (non-hydrogen) atoms. The molecule has 0 aliphatic carbocycles. The Morgan fingerprint density at radius 2 is 1.86 bits per heavy atom. The lowest BCUT2D eigenvalue weighted by atomic mass is 10.0. The van der Waals surface area contributed by atoms with Crippen molar-refractivity contribution in [3.63, 3.8) is 0 Å². The van der Waals surface area contributed by atoms with Crippen LogP contribution in [0.2, 0.25) is 0 Å². The molecule has 5 atom stereocenters. The monoisotopic (exact) mass is 226 g/mol. The number of hydrogen-bond acceptors (Lipinski definition) is 5. The fourth-order valence-corrected chi connectivity index (χ4v) is 1.40. The fraction of sp³-hybridized carbons (Fsp3) is 1.00. The highest BCUT2D eigenvalue weighted by Crippen LogP contribution is 2.21. The average molecular weight is 227 g/mol. The van der Waals surface area contributed by atoms with E-state index in [4.69, 9.17) is 21.1 Å². The van der Waals surface area contributed by atoms with Gasteiger partial charge in [-0.3, -0.25) is 0 Å². The maximum Gasteiger partial charge on any atom is 0.186 e. The molecule has 0 aromatic rings. The summed E-state index contributed by atoms with van der Waals surface area (Å²) in [5.74, 6) is 0.277. The van der Waals surface area contributed by atoms with Gasteiger partial charge in [-0.1, -0.05) is 0 Å². The van der Waals surface area contributed by atoms with Gasteiger partial charge in [0.05, 0.1) is 12.7 Å². The van der Waals surface area contributed by atoms with Crippen molar-refractivity contribution in [2.24, 2.45) is 0 Å². The van der Waals surface area contributed by atoms with Crippen molar-refractivity contribution in [2.75, 3.05) is 12.5 Å². The van der Waals surface area contributed by atoms with Gasteiger partial charge in [0.15, 0.2) is 6.29 Å². The molecule has 5 nitrogen and oxygen atoms in total.